The maximum Gasteiger partial charge on any atom is 0.339 e. The van der Waals surface area contributed by atoms with Crippen LogP contribution in [0.3, 0.4) is 0 Å². The Morgan fingerprint density at radius 1 is 1.15 bits per heavy atom. The summed E-state index contributed by atoms with van der Waals surface area (Å²) in [6, 6.07) is 11.5. The summed E-state index contributed by atoms with van der Waals surface area (Å²) in [6.45, 7) is 1.89. The summed E-state index contributed by atoms with van der Waals surface area (Å²) in [5.74, 6) is 0.488. The van der Waals surface area contributed by atoms with E-state index in [1.54, 1.807) is 6.26 Å². The number of nitrogens with zero attached hydrogens (tertiary/aromatic N) is 1. The number of ether oxygens (including phenoxy) is 1. The second kappa shape index (κ2) is 9.22. The molecule has 0 aliphatic heterocycles. The van der Waals surface area contributed by atoms with Gasteiger partial charge in [-0.2, -0.15) is 0 Å². The molecule has 33 heavy (non-hydrogen) atoms. The zero-order valence-corrected chi connectivity index (χ0v) is 18.8. The Labute approximate surface area is 193 Å². The average Bonchev–Trinajstić information content (AvgIpc) is 3.48. The molecule has 0 bridgehead atoms. The van der Waals surface area contributed by atoms with Gasteiger partial charge in [-0.3, -0.25) is 4.79 Å². The number of furan rings is 1. The Balaban J connectivity index is 1.39. The van der Waals surface area contributed by atoms with Gasteiger partial charge in [0.05, 0.1) is 23.0 Å². The summed E-state index contributed by atoms with van der Waals surface area (Å²) in [5.41, 5.74) is 3.95. The second-order valence-corrected chi connectivity index (χ2v) is 9.03. The fourth-order valence-corrected chi connectivity index (χ4v) is 5.04. The SMILES string of the molecule is C[C@@H]1CCCC[C@@H]1NC(=O)COC(=O)c1c2c(nc3ccccc13)/C(=C/c1ccco1)CC2. The number of rotatable bonds is 5. The molecule has 0 unspecified atom stereocenters. The third-order valence-electron chi connectivity index (χ3n) is 6.80. The average molecular weight is 445 g/mol. The number of pyridine rings is 1. The number of fused-ring (bicyclic) bond motifs is 2. The van der Waals surface area contributed by atoms with Gasteiger partial charge >= 0.3 is 5.97 Å². The van der Waals surface area contributed by atoms with Crippen LogP contribution < -0.4 is 5.32 Å². The quantitative estimate of drug-likeness (QED) is 0.549. The number of nitrogens with one attached hydrogen (secondary N) is 1. The van der Waals surface area contributed by atoms with Gasteiger partial charge in [0, 0.05) is 11.4 Å². The first-order chi connectivity index (χ1) is 16.1. The molecule has 0 saturated heterocycles. The van der Waals surface area contributed by atoms with E-state index in [9.17, 15) is 9.59 Å². The maximum absolute atomic E-state index is 13.2. The first-order valence-electron chi connectivity index (χ1n) is 11.7. The number of hydrogen-bond donors (Lipinski definition) is 1. The zero-order chi connectivity index (χ0) is 22.8. The van der Waals surface area contributed by atoms with Crippen molar-refractivity contribution in [1.82, 2.24) is 10.3 Å². The highest BCUT2D eigenvalue weighted by Crippen LogP contribution is 2.37. The van der Waals surface area contributed by atoms with Crippen LogP contribution in [-0.2, 0) is 16.0 Å². The highest BCUT2D eigenvalue weighted by molar-refractivity contribution is 6.07. The number of amides is 1. The first-order valence-corrected chi connectivity index (χ1v) is 11.7. The third-order valence-corrected chi connectivity index (χ3v) is 6.80. The molecule has 170 valence electrons. The molecule has 1 N–H and O–H groups in total. The normalized spacial score (nSPS) is 21.2. The monoisotopic (exact) mass is 444 g/mol. The molecule has 2 heterocycles. The smallest absolute Gasteiger partial charge is 0.339 e. The van der Waals surface area contributed by atoms with Gasteiger partial charge in [-0.05, 0) is 67.0 Å². The van der Waals surface area contributed by atoms with Crippen LogP contribution in [0.1, 0.15) is 66.4 Å². The van der Waals surface area contributed by atoms with Gasteiger partial charge in [0.2, 0.25) is 0 Å². The Bertz CT molecular complexity index is 1210. The van der Waals surface area contributed by atoms with E-state index in [1.165, 1.54) is 6.42 Å². The zero-order valence-electron chi connectivity index (χ0n) is 18.8. The van der Waals surface area contributed by atoms with Gasteiger partial charge in [0.15, 0.2) is 6.61 Å². The number of benzene rings is 1. The van der Waals surface area contributed by atoms with Crippen LogP contribution in [0, 0.1) is 5.92 Å². The van der Waals surface area contributed by atoms with Crippen LogP contribution in [-0.4, -0.2) is 29.5 Å². The summed E-state index contributed by atoms with van der Waals surface area (Å²) in [6.07, 6.45) is 9.49. The van der Waals surface area contributed by atoms with Crippen molar-refractivity contribution in [3.63, 3.8) is 0 Å². The molecule has 5 rings (SSSR count). The number of esters is 1. The van der Waals surface area contributed by atoms with E-state index in [0.29, 0.717) is 17.9 Å². The lowest BCUT2D eigenvalue weighted by Crippen LogP contribution is -2.42. The largest absolute Gasteiger partial charge is 0.465 e. The van der Waals surface area contributed by atoms with Crippen molar-refractivity contribution in [2.45, 2.75) is 51.5 Å². The van der Waals surface area contributed by atoms with Gasteiger partial charge in [0.25, 0.3) is 5.91 Å². The molecule has 2 atom stereocenters. The summed E-state index contributed by atoms with van der Waals surface area (Å²) < 4.78 is 11.0. The van der Waals surface area contributed by atoms with Crippen molar-refractivity contribution in [2.75, 3.05) is 6.61 Å². The lowest BCUT2D eigenvalue weighted by atomic mass is 9.86. The van der Waals surface area contributed by atoms with Gasteiger partial charge in [0.1, 0.15) is 5.76 Å². The number of carbonyl (C=O) groups excluding carboxylic acids is 2. The van der Waals surface area contributed by atoms with E-state index in [2.05, 4.69) is 12.2 Å². The minimum absolute atomic E-state index is 0.158. The molecule has 1 saturated carbocycles. The van der Waals surface area contributed by atoms with Crippen molar-refractivity contribution in [1.29, 1.82) is 0 Å². The molecule has 0 spiro atoms. The van der Waals surface area contributed by atoms with Crippen molar-refractivity contribution in [3.8, 4) is 0 Å². The molecule has 1 aromatic carbocycles. The van der Waals surface area contributed by atoms with E-state index in [4.69, 9.17) is 14.1 Å². The molecule has 1 fully saturated rings. The molecule has 0 radical (unpaired) electrons. The van der Waals surface area contributed by atoms with Crippen molar-refractivity contribution >= 4 is 34.4 Å². The molecule has 2 aliphatic rings. The topological polar surface area (TPSA) is 81.4 Å². The second-order valence-electron chi connectivity index (χ2n) is 9.03. The summed E-state index contributed by atoms with van der Waals surface area (Å²) in [4.78, 5) is 30.6. The van der Waals surface area contributed by atoms with Crippen molar-refractivity contribution < 1.29 is 18.7 Å². The number of para-hydroxylation sites is 1. The minimum Gasteiger partial charge on any atom is -0.465 e. The molecular formula is C27H28N2O4. The molecule has 3 aromatic rings. The molecule has 2 aliphatic carbocycles. The molecule has 6 heteroatoms. The van der Waals surface area contributed by atoms with Crippen LogP contribution in [0.15, 0.2) is 47.1 Å². The fourth-order valence-electron chi connectivity index (χ4n) is 5.04. The van der Waals surface area contributed by atoms with Crippen molar-refractivity contribution in [2.24, 2.45) is 5.92 Å². The standard InChI is InChI=1S/C27H28N2O4/c1-17-7-2-4-10-22(17)28-24(30)16-33-27(31)25-20-9-3-5-11-23(20)29-26-18(12-13-21(25)26)15-19-8-6-14-32-19/h3,5-6,8-9,11,14-15,17,22H,2,4,7,10,12-13,16H2,1H3,(H,28,30)/b18-15+/t17-,22+/m1/s1. The van der Waals surface area contributed by atoms with Crippen LogP contribution in [0.25, 0.3) is 22.6 Å². The van der Waals surface area contributed by atoms with Gasteiger partial charge in [-0.15, -0.1) is 0 Å². The minimum atomic E-state index is -0.476. The Morgan fingerprint density at radius 2 is 2.00 bits per heavy atom. The van der Waals surface area contributed by atoms with Crippen LogP contribution in [0.5, 0.6) is 0 Å². The Hall–Kier alpha value is -3.41. The van der Waals surface area contributed by atoms with E-state index in [1.807, 2.05) is 42.5 Å². The van der Waals surface area contributed by atoms with E-state index in [-0.39, 0.29) is 18.6 Å². The lowest BCUT2D eigenvalue weighted by molar-refractivity contribution is -0.125. The highest BCUT2D eigenvalue weighted by atomic mass is 16.5. The van der Waals surface area contributed by atoms with E-state index < -0.39 is 5.97 Å². The molecule has 1 amide bonds. The number of allylic oxidation sites excluding steroid dienone is 1. The predicted molar refractivity (Wildman–Crippen MR) is 126 cm³/mol. The van der Waals surface area contributed by atoms with E-state index >= 15 is 0 Å². The van der Waals surface area contributed by atoms with E-state index in [0.717, 1.165) is 59.2 Å². The molecular weight excluding hydrogens is 416 g/mol. The van der Waals surface area contributed by atoms with Crippen LogP contribution in [0.2, 0.25) is 0 Å². The molecule has 6 nitrogen and oxygen atoms in total. The van der Waals surface area contributed by atoms with Gasteiger partial charge < -0.3 is 14.5 Å². The number of aromatic nitrogens is 1. The van der Waals surface area contributed by atoms with Crippen LogP contribution in [0.4, 0.5) is 0 Å². The first kappa shape index (κ1) is 21.4. The number of carbonyl (C=O) groups is 2. The fraction of sp³-hybridized carbons (Fsp3) is 0.370. The highest BCUT2D eigenvalue weighted by Gasteiger charge is 2.29. The summed E-state index contributed by atoms with van der Waals surface area (Å²) >= 11 is 0. The predicted octanol–water partition coefficient (Wildman–Crippen LogP) is 5.17. The number of hydrogen-bond acceptors (Lipinski definition) is 5. The third kappa shape index (κ3) is 4.42. The lowest BCUT2D eigenvalue weighted by Gasteiger charge is -2.29. The van der Waals surface area contributed by atoms with Crippen molar-refractivity contribution in [3.05, 3.63) is 65.2 Å². The summed E-state index contributed by atoms with van der Waals surface area (Å²) in [5, 5.41) is 3.80. The van der Waals surface area contributed by atoms with Gasteiger partial charge in [-0.1, -0.05) is 38.0 Å². The summed E-state index contributed by atoms with van der Waals surface area (Å²) in [7, 11) is 0. The molecule has 2 aromatic heterocycles. The Morgan fingerprint density at radius 3 is 2.82 bits per heavy atom. The maximum atomic E-state index is 13.2. The van der Waals surface area contributed by atoms with Crippen LogP contribution >= 0.6 is 0 Å². The van der Waals surface area contributed by atoms with Gasteiger partial charge in [-0.25, -0.2) is 9.78 Å². The Kier molecular flexibility index (Phi) is 5.99.